The number of benzene rings is 1. The number of nitrogens with zero attached hydrogens (tertiary/aromatic N) is 2. The first kappa shape index (κ1) is 16.5. The summed E-state index contributed by atoms with van der Waals surface area (Å²) in [6, 6.07) is 6.35. The summed E-state index contributed by atoms with van der Waals surface area (Å²) in [6.07, 6.45) is 3.70. The van der Waals surface area contributed by atoms with E-state index in [9.17, 15) is 0 Å². The average molecular weight is 366 g/mol. The van der Waals surface area contributed by atoms with Crippen molar-refractivity contribution in [3.8, 4) is 0 Å². The predicted octanol–water partition coefficient (Wildman–Crippen LogP) is 4.44. The highest BCUT2D eigenvalue weighted by Gasteiger charge is 2.07. The Bertz CT molecular complexity index is 585. The fourth-order valence-electron chi connectivity index (χ4n) is 1.80. The summed E-state index contributed by atoms with van der Waals surface area (Å²) in [5.41, 5.74) is 2.35. The van der Waals surface area contributed by atoms with Gasteiger partial charge in [0, 0.05) is 28.3 Å². The van der Waals surface area contributed by atoms with Crippen molar-refractivity contribution in [2.75, 3.05) is 6.54 Å². The second-order valence-corrected chi connectivity index (χ2v) is 7.35. The highest BCUT2D eigenvalue weighted by molar-refractivity contribution is 9.10. The molecule has 0 saturated carbocycles. The van der Waals surface area contributed by atoms with E-state index >= 15 is 0 Å². The molecule has 0 spiro atoms. The van der Waals surface area contributed by atoms with E-state index in [0.717, 1.165) is 28.3 Å². The third-order valence-electron chi connectivity index (χ3n) is 2.86. The van der Waals surface area contributed by atoms with Gasteiger partial charge in [-0.15, -0.1) is 0 Å². The molecule has 2 rings (SSSR count). The first-order chi connectivity index (χ1) is 10.0. The summed E-state index contributed by atoms with van der Waals surface area (Å²) in [5.74, 6) is 0.650. The number of aryl methyl sites for hydroxylation is 1. The number of hydrogen-bond donors (Lipinski definition) is 1. The molecule has 3 nitrogen and oxygen atoms in total. The molecule has 21 heavy (non-hydrogen) atoms. The minimum Gasteiger partial charge on any atom is -0.312 e. The number of hydrogen-bond acceptors (Lipinski definition) is 4. The summed E-state index contributed by atoms with van der Waals surface area (Å²) < 4.78 is 1.07. The van der Waals surface area contributed by atoms with Crippen LogP contribution >= 0.6 is 27.7 Å². The van der Waals surface area contributed by atoms with Crippen LogP contribution < -0.4 is 5.32 Å². The molecule has 0 amide bonds. The lowest BCUT2D eigenvalue weighted by Crippen LogP contribution is -2.19. The van der Waals surface area contributed by atoms with Crippen LogP contribution in [0.2, 0.25) is 0 Å². The van der Waals surface area contributed by atoms with Crippen molar-refractivity contribution in [2.24, 2.45) is 5.92 Å². The number of rotatable bonds is 6. The van der Waals surface area contributed by atoms with E-state index in [0.29, 0.717) is 5.92 Å². The Balaban J connectivity index is 2.12. The van der Waals surface area contributed by atoms with Crippen LogP contribution in [-0.2, 0) is 6.54 Å². The van der Waals surface area contributed by atoms with Crippen molar-refractivity contribution in [1.82, 2.24) is 15.3 Å². The summed E-state index contributed by atoms with van der Waals surface area (Å²) in [4.78, 5) is 9.92. The van der Waals surface area contributed by atoms with Gasteiger partial charge in [-0.2, -0.15) is 0 Å². The van der Waals surface area contributed by atoms with Crippen molar-refractivity contribution in [1.29, 1.82) is 0 Å². The molecule has 1 aromatic heterocycles. The smallest absolute Gasteiger partial charge is 0.192 e. The molecule has 0 fully saturated rings. The maximum atomic E-state index is 4.37. The molecular formula is C16H20BrN3S. The van der Waals surface area contributed by atoms with Crippen LogP contribution in [0.3, 0.4) is 0 Å². The van der Waals surface area contributed by atoms with Gasteiger partial charge in [0.1, 0.15) is 0 Å². The highest BCUT2D eigenvalue weighted by Crippen LogP contribution is 2.30. The zero-order valence-electron chi connectivity index (χ0n) is 12.6. The van der Waals surface area contributed by atoms with E-state index in [2.05, 4.69) is 63.3 Å². The lowest BCUT2D eigenvalue weighted by Gasteiger charge is -2.11. The van der Waals surface area contributed by atoms with E-state index < -0.39 is 0 Å². The second kappa shape index (κ2) is 7.92. The van der Waals surface area contributed by atoms with Gasteiger partial charge in [0.2, 0.25) is 0 Å². The molecule has 0 unspecified atom stereocenters. The molecule has 0 aliphatic rings. The Hall–Kier alpha value is -0.910. The van der Waals surface area contributed by atoms with Gasteiger partial charge in [0.15, 0.2) is 5.16 Å². The normalized spacial score (nSPS) is 11.1. The standard InChI is InChI=1S/C16H20BrN3S/c1-11(2)7-18-10-13-4-5-14(17)6-15(13)21-16-19-8-12(3)9-20-16/h4-6,8-9,11,18H,7,10H2,1-3H3. The summed E-state index contributed by atoms with van der Waals surface area (Å²) in [6.45, 7) is 8.30. The third kappa shape index (κ3) is 5.41. The molecule has 2 aromatic rings. The van der Waals surface area contributed by atoms with Crippen LogP contribution in [0, 0.1) is 12.8 Å². The molecular weight excluding hydrogens is 346 g/mol. The Kier molecular flexibility index (Phi) is 6.21. The van der Waals surface area contributed by atoms with Gasteiger partial charge < -0.3 is 5.32 Å². The van der Waals surface area contributed by atoms with Gasteiger partial charge in [0.25, 0.3) is 0 Å². The number of nitrogens with one attached hydrogen (secondary N) is 1. The van der Waals surface area contributed by atoms with Gasteiger partial charge in [-0.3, -0.25) is 0 Å². The van der Waals surface area contributed by atoms with Gasteiger partial charge in [-0.05, 0) is 54.4 Å². The Morgan fingerprint density at radius 1 is 1.24 bits per heavy atom. The predicted molar refractivity (Wildman–Crippen MR) is 91.6 cm³/mol. The fraction of sp³-hybridized carbons (Fsp3) is 0.375. The fourth-order valence-corrected chi connectivity index (χ4v) is 3.17. The molecule has 0 aliphatic carbocycles. The quantitative estimate of drug-likeness (QED) is 0.767. The minimum absolute atomic E-state index is 0.650. The number of halogens is 1. The highest BCUT2D eigenvalue weighted by atomic mass is 79.9. The molecule has 0 aliphatic heterocycles. The van der Waals surface area contributed by atoms with Crippen molar-refractivity contribution >= 4 is 27.7 Å². The van der Waals surface area contributed by atoms with Crippen LogP contribution in [0.5, 0.6) is 0 Å². The van der Waals surface area contributed by atoms with Crippen LogP contribution in [0.25, 0.3) is 0 Å². The second-order valence-electron chi connectivity index (χ2n) is 5.42. The first-order valence-electron chi connectivity index (χ1n) is 7.00. The largest absolute Gasteiger partial charge is 0.312 e. The number of aromatic nitrogens is 2. The molecule has 1 N–H and O–H groups in total. The van der Waals surface area contributed by atoms with E-state index in [-0.39, 0.29) is 0 Å². The van der Waals surface area contributed by atoms with Crippen LogP contribution in [-0.4, -0.2) is 16.5 Å². The SMILES string of the molecule is Cc1cnc(Sc2cc(Br)ccc2CNCC(C)C)nc1. The summed E-state index contributed by atoms with van der Waals surface area (Å²) in [7, 11) is 0. The zero-order chi connectivity index (χ0) is 15.2. The summed E-state index contributed by atoms with van der Waals surface area (Å²) >= 11 is 5.14. The molecule has 5 heteroatoms. The van der Waals surface area contributed by atoms with Crippen molar-refractivity contribution in [3.05, 3.63) is 46.2 Å². The maximum absolute atomic E-state index is 4.37. The Morgan fingerprint density at radius 2 is 1.95 bits per heavy atom. The third-order valence-corrected chi connectivity index (χ3v) is 4.34. The van der Waals surface area contributed by atoms with Gasteiger partial charge >= 0.3 is 0 Å². The van der Waals surface area contributed by atoms with Crippen LogP contribution in [0.15, 0.2) is 45.1 Å². The summed E-state index contributed by atoms with van der Waals surface area (Å²) in [5, 5.41) is 4.27. The van der Waals surface area contributed by atoms with Crippen molar-refractivity contribution < 1.29 is 0 Å². The lowest BCUT2D eigenvalue weighted by molar-refractivity contribution is 0.550. The van der Waals surface area contributed by atoms with E-state index in [1.54, 1.807) is 11.8 Å². The van der Waals surface area contributed by atoms with E-state index in [1.807, 2.05) is 19.3 Å². The van der Waals surface area contributed by atoms with Gasteiger partial charge in [-0.1, -0.05) is 35.8 Å². The van der Waals surface area contributed by atoms with E-state index in [1.165, 1.54) is 10.5 Å². The van der Waals surface area contributed by atoms with Crippen molar-refractivity contribution in [3.63, 3.8) is 0 Å². The van der Waals surface area contributed by atoms with E-state index in [4.69, 9.17) is 0 Å². The molecule has 112 valence electrons. The van der Waals surface area contributed by atoms with Crippen LogP contribution in [0.4, 0.5) is 0 Å². The molecule has 1 heterocycles. The van der Waals surface area contributed by atoms with Gasteiger partial charge in [0.05, 0.1) is 0 Å². The van der Waals surface area contributed by atoms with Crippen molar-refractivity contribution in [2.45, 2.75) is 37.4 Å². The van der Waals surface area contributed by atoms with Crippen LogP contribution in [0.1, 0.15) is 25.0 Å². The Labute approximate surface area is 139 Å². The molecule has 1 aromatic carbocycles. The lowest BCUT2D eigenvalue weighted by atomic mass is 10.2. The van der Waals surface area contributed by atoms with Gasteiger partial charge in [-0.25, -0.2) is 9.97 Å². The Morgan fingerprint density at radius 3 is 2.62 bits per heavy atom. The average Bonchev–Trinajstić information content (AvgIpc) is 2.43. The monoisotopic (exact) mass is 365 g/mol. The molecule has 0 saturated heterocycles. The molecule has 0 radical (unpaired) electrons. The topological polar surface area (TPSA) is 37.8 Å². The zero-order valence-corrected chi connectivity index (χ0v) is 15.0. The molecule has 0 atom stereocenters. The maximum Gasteiger partial charge on any atom is 0.192 e. The minimum atomic E-state index is 0.650. The first-order valence-corrected chi connectivity index (χ1v) is 8.61. The molecule has 0 bridgehead atoms.